The maximum atomic E-state index is 13.4. The molecule has 2 aromatic rings. The standard InChI is InChI=1S/C32H38INO7/c1-4-12-34-31(38)23-16-21(18-41-22-8-6-5-7-9-22)28(24(17-35)29(23)32(34)39)26(36)11-10-19(2)13-20-14-25(33)30(37)27(15-20)40-3/h5-9,13-15,23-24,26,29,35-37H,4,10-12,16-18H2,1-3H3/b19-13+/t23-,24+,26-,29-/m1/s1. The summed E-state index contributed by atoms with van der Waals surface area (Å²) in [5.74, 6) is -1.24. The van der Waals surface area contributed by atoms with E-state index >= 15 is 0 Å². The number of hydrogen-bond donors (Lipinski definition) is 3. The lowest BCUT2D eigenvalue weighted by Crippen LogP contribution is -2.40. The van der Waals surface area contributed by atoms with E-state index in [0.717, 1.165) is 16.7 Å². The normalized spacial score (nSPS) is 21.8. The largest absolute Gasteiger partial charge is 0.504 e. The number of imide groups is 1. The van der Waals surface area contributed by atoms with Gasteiger partial charge in [-0.25, -0.2) is 0 Å². The molecule has 0 aromatic heterocycles. The molecule has 220 valence electrons. The number of ether oxygens (including phenoxy) is 2. The van der Waals surface area contributed by atoms with Gasteiger partial charge in [0, 0.05) is 12.5 Å². The lowest BCUT2D eigenvalue weighted by atomic mass is 9.68. The molecular formula is C32H38INO7. The number of likely N-dealkylation sites (tertiary alicyclic amines) is 1. The van der Waals surface area contributed by atoms with Gasteiger partial charge in [0.25, 0.3) is 0 Å². The molecule has 0 saturated carbocycles. The number of benzene rings is 2. The van der Waals surface area contributed by atoms with Gasteiger partial charge in [-0.3, -0.25) is 14.5 Å². The zero-order chi connectivity index (χ0) is 29.7. The molecule has 1 saturated heterocycles. The van der Waals surface area contributed by atoms with Crippen LogP contribution in [-0.2, 0) is 9.59 Å². The molecule has 8 nitrogen and oxygen atoms in total. The van der Waals surface area contributed by atoms with Crippen molar-refractivity contribution in [2.45, 2.75) is 45.6 Å². The number of rotatable bonds is 12. The van der Waals surface area contributed by atoms with Crippen LogP contribution in [0, 0.1) is 21.3 Å². The summed E-state index contributed by atoms with van der Waals surface area (Å²) in [6, 6.07) is 12.9. The van der Waals surface area contributed by atoms with Crippen molar-refractivity contribution in [3.05, 3.63) is 68.3 Å². The second-order valence-corrected chi connectivity index (χ2v) is 11.9. The highest BCUT2D eigenvalue weighted by molar-refractivity contribution is 14.1. The maximum Gasteiger partial charge on any atom is 0.233 e. The van der Waals surface area contributed by atoms with Crippen LogP contribution < -0.4 is 9.47 Å². The Balaban J connectivity index is 1.60. The predicted molar refractivity (Wildman–Crippen MR) is 164 cm³/mol. The molecule has 3 N–H and O–H groups in total. The third-order valence-electron chi connectivity index (χ3n) is 7.93. The molecule has 0 unspecified atom stereocenters. The predicted octanol–water partition coefficient (Wildman–Crippen LogP) is 4.95. The van der Waals surface area contributed by atoms with Crippen LogP contribution >= 0.6 is 22.6 Å². The summed E-state index contributed by atoms with van der Waals surface area (Å²) in [7, 11) is 1.51. The Labute approximate surface area is 254 Å². The van der Waals surface area contributed by atoms with E-state index < -0.39 is 23.9 Å². The number of hydrogen-bond acceptors (Lipinski definition) is 7. The molecule has 0 bridgehead atoms. The van der Waals surface area contributed by atoms with Crippen LogP contribution in [0.25, 0.3) is 6.08 Å². The summed E-state index contributed by atoms with van der Waals surface area (Å²) in [5, 5.41) is 32.2. The molecule has 41 heavy (non-hydrogen) atoms. The number of phenols is 1. The molecule has 1 aliphatic carbocycles. The van der Waals surface area contributed by atoms with Gasteiger partial charge in [0.2, 0.25) is 11.8 Å². The van der Waals surface area contributed by atoms with Crippen LogP contribution in [0.3, 0.4) is 0 Å². The van der Waals surface area contributed by atoms with Crippen molar-refractivity contribution < 1.29 is 34.4 Å². The van der Waals surface area contributed by atoms with Gasteiger partial charge in [-0.15, -0.1) is 0 Å². The molecular weight excluding hydrogens is 637 g/mol. The Kier molecular flexibility index (Phi) is 10.5. The van der Waals surface area contributed by atoms with Crippen LogP contribution in [0.15, 0.2) is 59.2 Å². The number of halogens is 1. The number of methoxy groups -OCH3 is 1. The van der Waals surface area contributed by atoms with E-state index in [1.165, 1.54) is 12.0 Å². The van der Waals surface area contributed by atoms with E-state index in [1.54, 1.807) is 6.07 Å². The number of para-hydroxylation sites is 1. The smallest absolute Gasteiger partial charge is 0.233 e. The Morgan fingerprint density at radius 1 is 1.20 bits per heavy atom. The van der Waals surface area contributed by atoms with E-state index in [-0.39, 0.29) is 30.8 Å². The highest BCUT2D eigenvalue weighted by Gasteiger charge is 2.54. The number of aromatic hydroxyl groups is 1. The van der Waals surface area contributed by atoms with Crippen molar-refractivity contribution in [3.63, 3.8) is 0 Å². The molecule has 4 rings (SSSR count). The minimum Gasteiger partial charge on any atom is -0.504 e. The summed E-state index contributed by atoms with van der Waals surface area (Å²) in [6.45, 7) is 4.05. The van der Waals surface area contributed by atoms with E-state index in [0.29, 0.717) is 52.9 Å². The van der Waals surface area contributed by atoms with Crippen LogP contribution in [0.5, 0.6) is 17.2 Å². The van der Waals surface area contributed by atoms with Gasteiger partial charge in [0.1, 0.15) is 12.4 Å². The Morgan fingerprint density at radius 3 is 2.59 bits per heavy atom. The van der Waals surface area contributed by atoms with Gasteiger partial charge >= 0.3 is 0 Å². The lowest BCUT2D eigenvalue weighted by molar-refractivity contribution is -0.140. The minimum atomic E-state index is -0.927. The van der Waals surface area contributed by atoms with E-state index in [2.05, 4.69) is 22.6 Å². The van der Waals surface area contributed by atoms with Crippen molar-refractivity contribution in [2.24, 2.45) is 17.8 Å². The quantitative estimate of drug-likeness (QED) is 0.166. The number of fused-ring (bicyclic) bond motifs is 1. The van der Waals surface area contributed by atoms with Crippen molar-refractivity contribution in [3.8, 4) is 17.2 Å². The number of allylic oxidation sites excluding steroid dienone is 1. The Hall–Kier alpha value is -2.89. The zero-order valence-electron chi connectivity index (χ0n) is 23.7. The summed E-state index contributed by atoms with van der Waals surface area (Å²) >= 11 is 2.05. The first kappa shape index (κ1) is 31.1. The Bertz CT molecular complexity index is 1320. The van der Waals surface area contributed by atoms with Gasteiger partial charge in [-0.05, 0) is 96.2 Å². The van der Waals surface area contributed by atoms with Crippen LogP contribution in [0.1, 0.15) is 45.1 Å². The first-order chi connectivity index (χ1) is 19.7. The molecule has 9 heteroatoms. The lowest BCUT2D eigenvalue weighted by Gasteiger charge is -2.36. The summed E-state index contributed by atoms with van der Waals surface area (Å²) in [5.41, 5.74) is 3.25. The second kappa shape index (κ2) is 13.8. The molecule has 1 fully saturated rings. The second-order valence-electron chi connectivity index (χ2n) is 10.7. The SMILES string of the molecule is CCCN1C(=O)[C@@H]2[C@@H](CC(COc3ccccc3)=C([C@H](O)CC/C(C)=C/c3cc(I)c(O)c(OC)c3)[C@@H]2CO)C1=O. The van der Waals surface area contributed by atoms with Gasteiger partial charge < -0.3 is 24.8 Å². The summed E-state index contributed by atoms with van der Waals surface area (Å²) in [6.07, 6.45) is 2.94. The minimum absolute atomic E-state index is 0.0959. The van der Waals surface area contributed by atoms with Gasteiger partial charge in [-0.2, -0.15) is 0 Å². The number of amides is 2. The van der Waals surface area contributed by atoms with E-state index in [9.17, 15) is 24.9 Å². The van der Waals surface area contributed by atoms with Crippen molar-refractivity contribution in [2.75, 3.05) is 26.9 Å². The van der Waals surface area contributed by atoms with Crippen molar-refractivity contribution in [1.82, 2.24) is 4.90 Å². The number of phenolic OH excluding ortho intramolecular Hbond substituents is 1. The number of carbonyl (C=O) groups is 2. The summed E-state index contributed by atoms with van der Waals surface area (Å²) < 4.78 is 12.0. The first-order valence-corrected chi connectivity index (χ1v) is 15.0. The number of carbonyl (C=O) groups excluding carboxylic acids is 2. The third kappa shape index (κ3) is 6.79. The maximum absolute atomic E-state index is 13.4. The number of nitrogens with zero attached hydrogens (tertiary/aromatic N) is 1. The fraction of sp³-hybridized carbons (Fsp3) is 0.438. The van der Waals surface area contributed by atoms with Gasteiger partial charge in [-0.1, -0.05) is 36.8 Å². The van der Waals surface area contributed by atoms with Crippen LogP contribution in [0.2, 0.25) is 0 Å². The molecule has 1 aliphatic heterocycles. The molecule has 4 atom stereocenters. The molecule has 0 radical (unpaired) electrons. The average Bonchev–Trinajstić information content (AvgIpc) is 3.20. The third-order valence-corrected chi connectivity index (χ3v) is 8.75. The number of aliphatic hydroxyl groups is 2. The summed E-state index contributed by atoms with van der Waals surface area (Å²) in [4.78, 5) is 27.9. The molecule has 2 aromatic carbocycles. The Morgan fingerprint density at radius 2 is 1.93 bits per heavy atom. The van der Waals surface area contributed by atoms with Crippen molar-refractivity contribution in [1.29, 1.82) is 0 Å². The highest BCUT2D eigenvalue weighted by Crippen LogP contribution is 2.46. The average molecular weight is 676 g/mol. The van der Waals surface area contributed by atoms with Gasteiger partial charge in [0.15, 0.2) is 11.5 Å². The van der Waals surface area contributed by atoms with E-state index in [4.69, 9.17) is 9.47 Å². The molecule has 2 amide bonds. The first-order valence-electron chi connectivity index (χ1n) is 14.0. The molecule has 1 heterocycles. The van der Waals surface area contributed by atoms with Crippen molar-refractivity contribution >= 4 is 40.5 Å². The van der Waals surface area contributed by atoms with Crippen LogP contribution in [0.4, 0.5) is 0 Å². The highest BCUT2D eigenvalue weighted by atomic mass is 127. The number of aliphatic hydroxyl groups excluding tert-OH is 2. The molecule has 2 aliphatic rings. The van der Waals surface area contributed by atoms with E-state index in [1.807, 2.05) is 56.3 Å². The monoisotopic (exact) mass is 675 g/mol. The molecule has 0 spiro atoms. The zero-order valence-corrected chi connectivity index (χ0v) is 25.8. The fourth-order valence-corrected chi connectivity index (χ4v) is 6.62. The topological polar surface area (TPSA) is 117 Å². The fourth-order valence-electron chi connectivity index (χ4n) is 6.00. The van der Waals surface area contributed by atoms with Gasteiger partial charge in [0.05, 0.1) is 35.2 Å². The van der Waals surface area contributed by atoms with Crippen LogP contribution in [-0.4, -0.2) is 65.0 Å².